The number of aliphatic hydroxyl groups is 1. The van der Waals surface area contributed by atoms with Gasteiger partial charge in [-0.25, -0.2) is 4.39 Å². The molecule has 4 rings (SSSR count). The first-order chi connectivity index (χ1) is 14.0. The lowest BCUT2D eigenvalue weighted by atomic mass is 10.0. The van der Waals surface area contributed by atoms with Gasteiger partial charge >= 0.3 is 0 Å². The smallest absolute Gasteiger partial charge is 0.256 e. The number of amides is 1. The maximum absolute atomic E-state index is 13.1. The second kappa shape index (κ2) is 8.17. The molecular weight excluding hydrogens is 369 g/mol. The summed E-state index contributed by atoms with van der Waals surface area (Å²) in [6.07, 6.45) is 4.07. The van der Waals surface area contributed by atoms with E-state index in [1.165, 1.54) is 29.7 Å². The van der Waals surface area contributed by atoms with Gasteiger partial charge in [0.2, 0.25) is 0 Å². The topological polar surface area (TPSA) is 65.5 Å². The predicted octanol–water partition coefficient (Wildman–Crippen LogP) is 3.82. The molecule has 5 nitrogen and oxygen atoms in total. The van der Waals surface area contributed by atoms with Crippen LogP contribution >= 0.6 is 0 Å². The summed E-state index contributed by atoms with van der Waals surface area (Å²) in [5.41, 5.74) is 2.62. The van der Waals surface area contributed by atoms with E-state index in [0.29, 0.717) is 18.7 Å². The van der Waals surface area contributed by atoms with Gasteiger partial charge in [-0.1, -0.05) is 24.3 Å². The highest BCUT2D eigenvalue weighted by Gasteiger charge is 2.28. The van der Waals surface area contributed by atoms with Crippen LogP contribution in [0.4, 0.5) is 10.1 Å². The number of rotatable bonds is 4. The van der Waals surface area contributed by atoms with Gasteiger partial charge in [-0.05, 0) is 49.1 Å². The molecule has 150 valence electrons. The quantitative estimate of drug-likeness (QED) is 0.707. The third-order valence-electron chi connectivity index (χ3n) is 5.56. The average Bonchev–Trinajstić information content (AvgIpc) is 2.74. The molecule has 3 aromatic rings. The van der Waals surface area contributed by atoms with Gasteiger partial charge in [-0.3, -0.25) is 9.78 Å². The van der Waals surface area contributed by atoms with E-state index in [1.807, 2.05) is 18.5 Å². The zero-order valence-electron chi connectivity index (χ0n) is 16.3. The van der Waals surface area contributed by atoms with E-state index < -0.39 is 6.10 Å². The van der Waals surface area contributed by atoms with Gasteiger partial charge in [0.15, 0.2) is 6.10 Å². The molecule has 0 spiro atoms. The lowest BCUT2D eigenvalue weighted by molar-refractivity contribution is -0.141. The third kappa shape index (κ3) is 4.07. The summed E-state index contributed by atoms with van der Waals surface area (Å²) in [4.78, 5) is 18.6. The largest absolute Gasteiger partial charge is 0.382 e. The summed E-state index contributed by atoms with van der Waals surface area (Å²) in [6.45, 7) is 3.19. The molecule has 0 radical (unpaired) electrons. The summed E-state index contributed by atoms with van der Waals surface area (Å²) < 4.78 is 13.1. The van der Waals surface area contributed by atoms with Gasteiger partial charge in [0.25, 0.3) is 5.91 Å². The number of pyridine rings is 1. The van der Waals surface area contributed by atoms with Gasteiger partial charge < -0.3 is 15.3 Å². The van der Waals surface area contributed by atoms with Gasteiger partial charge in [0.05, 0.1) is 0 Å². The third-order valence-corrected chi connectivity index (χ3v) is 5.56. The van der Waals surface area contributed by atoms with Crippen molar-refractivity contribution >= 4 is 22.4 Å². The fourth-order valence-corrected chi connectivity index (χ4v) is 3.96. The summed E-state index contributed by atoms with van der Waals surface area (Å²) in [6, 6.07) is 11.8. The molecule has 1 atom stereocenters. The van der Waals surface area contributed by atoms with Crippen LogP contribution in [-0.4, -0.2) is 40.0 Å². The molecule has 1 saturated heterocycles. The number of carbonyl (C=O) groups excluding carboxylic acids is 1. The first kappa shape index (κ1) is 19.3. The predicted molar refractivity (Wildman–Crippen MR) is 111 cm³/mol. The fraction of sp³-hybridized carbons (Fsp3) is 0.304. The number of hydrogen-bond acceptors (Lipinski definition) is 4. The van der Waals surface area contributed by atoms with Crippen molar-refractivity contribution in [3.05, 3.63) is 71.8 Å². The summed E-state index contributed by atoms with van der Waals surface area (Å²) in [7, 11) is 0. The minimum atomic E-state index is -1.26. The van der Waals surface area contributed by atoms with Crippen molar-refractivity contribution < 1.29 is 14.3 Å². The number of piperidine rings is 1. The second-order valence-electron chi connectivity index (χ2n) is 7.56. The Morgan fingerprint density at radius 2 is 1.90 bits per heavy atom. The molecule has 0 aliphatic carbocycles. The van der Waals surface area contributed by atoms with Crippen LogP contribution in [0, 0.1) is 12.7 Å². The maximum atomic E-state index is 13.1. The van der Waals surface area contributed by atoms with Crippen molar-refractivity contribution in [3.8, 4) is 0 Å². The Kier molecular flexibility index (Phi) is 5.45. The molecule has 1 amide bonds. The molecule has 29 heavy (non-hydrogen) atoms. The number of anilines is 1. The van der Waals surface area contributed by atoms with Crippen LogP contribution in [-0.2, 0) is 4.79 Å². The van der Waals surface area contributed by atoms with Crippen molar-refractivity contribution in [2.75, 3.05) is 18.4 Å². The van der Waals surface area contributed by atoms with Crippen molar-refractivity contribution in [2.24, 2.45) is 0 Å². The molecule has 1 unspecified atom stereocenters. The Morgan fingerprint density at radius 3 is 2.62 bits per heavy atom. The van der Waals surface area contributed by atoms with Gasteiger partial charge in [-0.15, -0.1) is 0 Å². The monoisotopic (exact) mass is 393 g/mol. The zero-order chi connectivity index (χ0) is 20.4. The first-order valence-electron chi connectivity index (χ1n) is 9.85. The molecule has 0 bridgehead atoms. The number of fused-ring (bicyclic) bond motifs is 1. The van der Waals surface area contributed by atoms with Crippen LogP contribution in [0.5, 0.6) is 0 Å². The number of hydrogen-bond donors (Lipinski definition) is 2. The van der Waals surface area contributed by atoms with E-state index in [0.717, 1.165) is 29.5 Å². The molecular formula is C23H24FN3O2. The van der Waals surface area contributed by atoms with E-state index in [4.69, 9.17) is 0 Å². The van der Waals surface area contributed by atoms with Crippen molar-refractivity contribution in [3.63, 3.8) is 0 Å². The molecule has 1 fully saturated rings. The van der Waals surface area contributed by atoms with E-state index in [1.54, 1.807) is 4.90 Å². The number of nitrogens with one attached hydrogen (secondary N) is 1. The number of carbonyl (C=O) groups is 1. The van der Waals surface area contributed by atoms with Crippen LogP contribution < -0.4 is 5.32 Å². The fourth-order valence-electron chi connectivity index (χ4n) is 3.96. The summed E-state index contributed by atoms with van der Waals surface area (Å²) >= 11 is 0. The molecule has 0 saturated carbocycles. The van der Waals surface area contributed by atoms with Crippen molar-refractivity contribution in [2.45, 2.75) is 31.9 Å². The molecule has 2 heterocycles. The number of aliphatic hydroxyl groups excluding tert-OH is 1. The Morgan fingerprint density at radius 1 is 1.17 bits per heavy atom. The second-order valence-corrected chi connectivity index (χ2v) is 7.56. The Bertz CT molecular complexity index is 1010. The molecule has 1 aromatic heterocycles. The van der Waals surface area contributed by atoms with E-state index in [-0.39, 0.29) is 17.8 Å². The van der Waals surface area contributed by atoms with Gasteiger partial charge in [-0.2, -0.15) is 0 Å². The van der Waals surface area contributed by atoms with Crippen molar-refractivity contribution in [1.29, 1.82) is 0 Å². The molecule has 1 aliphatic heterocycles. The number of halogens is 1. The van der Waals surface area contributed by atoms with E-state index >= 15 is 0 Å². The van der Waals surface area contributed by atoms with Gasteiger partial charge in [0.1, 0.15) is 5.82 Å². The van der Waals surface area contributed by atoms with Crippen LogP contribution in [0.3, 0.4) is 0 Å². The minimum Gasteiger partial charge on any atom is -0.382 e. The van der Waals surface area contributed by atoms with Crippen LogP contribution in [0.2, 0.25) is 0 Å². The Hall–Kier alpha value is -2.99. The number of benzene rings is 2. The highest BCUT2D eigenvalue weighted by atomic mass is 19.1. The van der Waals surface area contributed by atoms with Crippen LogP contribution in [0.25, 0.3) is 10.8 Å². The molecule has 6 heteroatoms. The van der Waals surface area contributed by atoms with Crippen LogP contribution in [0.1, 0.15) is 30.1 Å². The SMILES string of the molecule is Cc1cncc2cccc(NC3CCN(C(=O)C(O)c4ccc(F)cc4)CC3)c12. The van der Waals surface area contributed by atoms with Gasteiger partial charge in [0, 0.05) is 48.0 Å². The molecule has 2 N–H and O–H groups in total. The number of likely N-dealkylation sites (tertiary alicyclic amines) is 1. The maximum Gasteiger partial charge on any atom is 0.256 e. The number of aryl methyl sites for hydroxylation is 1. The summed E-state index contributed by atoms with van der Waals surface area (Å²) in [5.74, 6) is -0.720. The standard InChI is InChI=1S/C23H24FN3O2/c1-15-13-25-14-17-3-2-4-20(21(15)17)26-19-9-11-27(12-10-19)23(29)22(28)16-5-7-18(24)8-6-16/h2-8,13-14,19,22,26,28H,9-12H2,1H3. The first-order valence-corrected chi connectivity index (χ1v) is 9.85. The number of aromatic nitrogens is 1. The van der Waals surface area contributed by atoms with Crippen molar-refractivity contribution in [1.82, 2.24) is 9.88 Å². The van der Waals surface area contributed by atoms with Crippen LogP contribution in [0.15, 0.2) is 54.9 Å². The average molecular weight is 393 g/mol. The minimum absolute atomic E-state index is 0.250. The highest BCUT2D eigenvalue weighted by molar-refractivity contribution is 5.95. The van der Waals surface area contributed by atoms with E-state index in [2.05, 4.69) is 29.4 Å². The molecule has 2 aromatic carbocycles. The van der Waals surface area contributed by atoms with E-state index in [9.17, 15) is 14.3 Å². The highest BCUT2D eigenvalue weighted by Crippen LogP contribution is 2.28. The Balaban J connectivity index is 1.40. The normalized spacial score (nSPS) is 16.0. The zero-order valence-corrected chi connectivity index (χ0v) is 16.3. The number of nitrogens with zero attached hydrogens (tertiary/aromatic N) is 2. The lowest BCUT2D eigenvalue weighted by Gasteiger charge is -2.34. The summed E-state index contributed by atoms with van der Waals surface area (Å²) in [5, 5.41) is 16.2. The molecule has 1 aliphatic rings. The Labute approximate surface area is 169 Å². The lowest BCUT2D eigenvalue weighted by Crippen LogP contribution is -2.44.